The van der Waals surface area contributed by atoms with Crippen LogP contribution in [0.5, 0.6) is 5.88 Å². The number of allylic oxidation sites excluding steroid dienone is 2. The van der Waals surface area contributed by atoms with Crippen molar-refractivity contribution < 1.29 is 9.53 Å². The summed E-state index contributed by atoms with van der Waals surface area (Å²) in [5.74, 6) is 1.23. The molecule has 0 saturated heterocycles. The molecule has 1 aliphatic rings. The molecule has 1 aliphatic heterocycles. The zero-order chi connectivity index (χ0) is 17.1. The van der Waals surface area contributed by atoms with Crippen LogP contribution in [-0.2, 0) is 0 Å². The molecule has 0 atom stereocenters. The predicted octanol–water partition coefficient (Wildman–Crippen LogP) is 3.41. The Morgan fingerprint density at radius 1 is 1.25 bits per heavy atom. The number of aryl methyl sites for hydroxylation is 1. The normalized spacial score (nSPS) is 13.6. The van der Waals surface area contributed by atoms with Gasteiger partial charge in [0.15, 0.2) is 11.6 Å². The Bertz CT molecular complexity index is 823. The van der Waals surface area contributed by atoms with Gasteiger partial charge in [-0.05, 0) is 25.5 Å². The number of rotatable bonds is 4. The molecule has 0 fully saturated rings. The molecule has 2 heterocycles. The zero-order valence-electron chi connectivity index (χ0n) is 14.0. The molecule has 1 aromatic carbocycles. The minimum Gasteiger partial charge on any atom is -0.478 e. The Balaban J connectivity index is 2.01. The Labute approximate surface area is 141 Å². The fraction of sp³-hybridized carbons (Fsp3) is 0.211. The van der Waals surface area contributed by atoms with E-state index in [9.17, 15) is 4.79 Å². The molecule has 5 nitrogen and oxygen atoms in total. The van der Waals surface area contributed by atoms with Crippen LogP contribution in [0.15, 0.2) is 48.7 Å². The van der Waals surface area contributed by atoms with Gasteiger partial charge in [-0.1, -0.05) is 36.4 Å². The Hall–Kier alpha value is -2.95. The number of hydrogen-bond donors (Lipinski definition) is 0. The van der Waals surface area contributed by atoms with E-state index in [0.29, 0.717) is 23.8 Å². The molecule has 0 amide bonds. The van der Waals surface area contributed by atoms with Crippen molar-refractivity contribution in [2.75, 3.05) is 18.6 Å². The molecule has 3 rings (SSSR count). The van der Waals surface area contributed by atoms with E-state index in [1.807, 2.05) is 48.2 Å². The minimum absolute atomic E-state index is 0.0574. The van der Waals surface area contributed by atoms with E-state index in [0.717, 1.165) is 17.0 Å². The number of carbonyl (C=O) groups excluding carboxylic acids is 1. The summed E-state index contributed by atoms with van der Waals surface area (Å²) in [7, 11) is 1.60. The molecule has 24 heavy (non-hydrogen) atoms. The molecule has 122 valence electrons. The summed E-state index contributed by atoms with van der Waals surface area (Å²) in [6, 6.07) is 7.58. The Morgan fingerprint density at radius 3 is 2.67 bits per heavy atom. The maximum Gasteiger partial charge on any atom is 0.257 e. The SMILES string of the molecule is COc1nc(C)cnc1N1CC=CC=C1c1ccc(C(C)=O)cc1. The lowest BCUT2D eigenvalue weighted by atomic mass is 10.0. The van der Waals surface area contributed by atoms with E-state index < -0.39 is 0 Å². The topological polar surface area (TPSA) is 55.3 Å². The number of ketones is 1. The number of anilines is 1. The Kier molecular flexibility index (Phi) is 4.42. The molecule has 0 aliphatic carbocycles. The van der Waals surface area contributed by atoms with Crippen molar-refractivity contribution in [2.24, 2.45) is 0 Å². The van der Waals surface area contributed by atoms with Gasteiger partial charge in [-0.3, -0.25) is 4.79 Å². The van der Waals surface area contributed by atoms with Crippen molar-refractivity contribution in [1.29, 1.82) is 0 Å². The molecule has 0 saturated carbocycles. The van der Waals surface area contributed by atoms with Gasteiger partial charge in [0.25, 0.3) is 5.88 Å². The number of nitrogens with zero attached hydrogens (tertiary/aromatic N) is 3. The summed E-state index contributed by atoms with van der Waals surface area (Å²) in [4.78, 5) is 22.4. The molecular weight excluding hydrogens is 302 g/mol. The Morgan fingerprint density at radius 2 is 2.00 bits per heavy atom. The van der Waals surface area contributed by atoms with Gasteiger partial charge in [-0.2, -0.15) is 0 Å². The number of Topliss-reactive ketones (excluding diaryl/α,β-unsaturated/α-hetero) is 1. The molecule has 5 heteroatoms. The molecule has 1 aromatic heterocycles. The van der Waals surface area contributed by atoms with Crippen LogP contribution >= 0.6 is 0 Å². The molecule has 2 aromatic rings. The van der Waals surface area contributed by atoms with Crippen molar-refractivity contribution >= 4 is 17.3 Å². The molecule has 0 unspecified atom stereocenters. The van der Waals surface area contributed by atoms with E-state index in [1.165, 1.54) is 0 Å². The van der Waals surface area contributed by atoms with Gasteiger partial charge in [-0.25, -0.2) is 9.97 Å². The third kappa shape index (κ3) is 3.06. The summed E-state index contributed by atoms with van der Waals surface area (Å²) in [5, 5.41) is 0. The minimum atomic E-state index is 0.0574. The fourth-order valence-electron chi connectivity index (χ4n) is 2.61. The highest BCUT2D eigenvalue weighted by Crippen LogP contribution is 2.32. The average molecular weight is 321 g/mol. The average Bonchev–Trinajstić information content (AvgIpc) is 2.61. The van der Waals surface area contributed by atoms with Crippen molar-refractivity contribution in [3.05, 3.63) is 65.5 Å². The van der Waals surface area contributed by atoms with Gasteiger partial charge >= 0.3 is 0 Å². The monoisotopic (exact) mass is 321 g/mol. The van der Waals surface area contributed by atoms with E-state index >= 15 is 0 Å². The smallest absolute Gasteiger partial charge is 0.257 e. The van der Waals surface area contributed by atoms with Crippen LogP contribution in [0, 0.1) is 6.92 Å². The number of hydrogen-bond acceptors (Lipinski definition) is 5. The lowest BCUT2D eigenvalue weighted by molar-refractivity contribution is 0.101. The van der Waals surface area contributed by atoms with Gasteiger partial charge < -0.3 is 9.64 Å². The first kappa shape index (κ1) is 15.9. The number of benzene rings is 1. The van der Waals surface area contributed by atoms with Gasteiger partial charge in [0, 0.05) is 12.1 Å². The molecule has 0 radical (unpaired) electrons. The highest BCUT2D eigenvalue weighted by Gasteiger charge is 2.21. The van der Waals surface area contributed by atoms with Crippen LogP contribution in [0.1, 0.15) is 28.5 Å². The van der Waals surface area contributed by atoms with Gasteiger partial charge in [0.1, 0.15) is 0 Å². The zero-order valence-corrected chi connectivity index (χ0v) is 14.0. The quantitative estimate of drug-likeness (QED) is 0.808. The maximum atomic E-state index is 11.5. The van der Waals surface area contributed by atoms with E-state index in [-0.39, 0.29) is 5.78 Å². The first-order valence-electron chi connectivity index (χ1n) is 7.73. The first-order chi connectivity index (χ1) is 11.6. The predicted molar refractivity (Wildman–Crippen MR) is 94.2 cm³/mol. The third-order valence-electron chi connectivity index (χ3n) is 3.85. The summed E-state index contributed by atoms with van der Waals surface area (Å²) >= 11 is 0. The standard InChI is InChI=1S/C19H19N3O2/c1-13-12-20-18(19(21-13)24-3)22-11-5-4-6-17(22)16-9-7-15(8-10-16)14(2)23/h4-10,12H,11H2,1-3H3. The van der Waals surface area contributed by atoms with Crippen molar-refractivity contribution in [3.63, 3.8) is 0 Å². The largest absolute Gasteiger partial charge is 0.478 e. The lowest BCUT2D eigenvalue weighted by Gasteiger charge is -2.28. The second kappa shape index (κ2) is 6.66. The van der Waals surface area contributed by atoms with Crippen LogP contribution in [-0.4, -0.2) is 29.4 Å². The van der Waals surface area contributed by atoms with E-state index in [2.05, 4.69) is 16.0 Å². The molecule has 0 spiro atoms. The van der Waals surface area contributed by atoms with Crippen LogP contribution in [0.4, 0.5) is 5.82 Å². The highest BCUT2D eigenvalue weighted by molar-refractivity contribution is 5.94. The number of ether oxygens (including phenoxy) is 1. The maximum absolute atomic E-state index is 11.5. The molecule has 0 N–H and O–H groups in total. The van der Waals surface area contributed by atoms with Crippen LogP contribution < -0.4 is 9.64 Å². The fourth-order valence-corrected chi connectivity index (χ4v) is 2.61. The second-order valence-corrected chi connectivity index (χ2v) is 5.57. The summed E-state index contributed by atoms with van der Waals surface area (Å²) in [6.45, 7) is 4.12. The lowest BCUT2D eigenvalue weighted by Crippen LogP contribution is -2.25. The van der Waals surface area contributed by atoms with Crippen molar-refractivity contribution in [1.82, 2.24) is 9.97 Å². The number of methoxy groups -OCH3 is 1. The first-order valence-corrected chi connectivity index (χ1v) is 7.73. The highest BCUT2D eigenvalue weighted by atomic mass is 16.5. The second-order valence-electron chi connectivity index (χ2n) is 5.57. The van der Waals surface area contributed by atoms with Gasteiger partial charge in [0.2, 0.25) is 0 Å². The van der Waals surface area contributed by atoms with Crippen LogP contribution in [0.3, 0.4) is 0 Å². The van der Waals surface area contributed by atoms with Gasteiger partial charge in [-0.15, -0.1) is 0 Å². The summed E-state index contributed by atoms with van der Waals surface area (Å²) < 4.78 is 5.40. The number of carbonyl (C=O) groups is 1. The van der Waals surface area contributed by atoms with E-state index in [1.54, 1.807) is 20.2 Å². The van der Waals surface area contributed by atoms with Crippen molar-refractivity contribution in [2.45, 2.75) is 13.8 Å². The van der Waals surface area contributed by atoms with E-state index in [4.69, 9.17) is 4.74 Å². The van der Waals surface area contributed by atoms with Crippen LogP contribution in [0.2, 0.25) is 0 Å². The van der Waals surface area contributed by atoms with Crippen molar-refractivity contribution in [3.8, 4) is 5.88 Å². The third-order valence-corrected chi connectivity index (χ3v) is 3.85. The number of aromatic nitrogens is 2. The molecule has 0 bridgehead atoms. The summed E-state index contributed by atoms with van der Waals surface area (Å²) in [5.41, 5.74) is 3.50. The van der Waals surface area contributed by atoms with Crippen LogP contribution in [0.25, 0.3) is 5.70 Å². The molecular formula is C19H19N3O2. The summed E-state index contributed by atoms with van der Waals surface area (Å²) in [6.07, 6.45) is 7.81. The van der Waals surface area contributed by atoms with Gasteiger partial charge in [0.05, 0.1) is 24.7 Å².